The van der Waals surface area contributed by atoms with E-state index in [4.69, 9.17) is 32.7 Å². The maximum atomic E-state index is 11.9. The van der Waals surface area contributed by atoms with Crippen molar-refractivity contribution in [3.63, 3.8) is 0 Å². The Morgan fingerprint density at radius 1 is 1.28 bits per heavy atom. The van der Waals surface area contributed by atoms with Crippen LogP contribution in [-0.2, 0) is 16.1 Å². The highest BCUT2D eigenvalue weighted by atomic mass is 35.5. The van der Waals surface area contributed by atoms with E-state index in [1.807, 2.05) is 11.4 Å². The topological polar surface area (TPSA) is 66.2 Å². The van der Waals surface area contributed by atoms with E-state index >= 15 is 0 Å². The summed E-state index contributed by atoms with van der Waals surface area (Å²) in [7, 11) is 2.86. The van der Waals surface area contributed by atoms with Crippen molar-refractivity contribution < 1.29 is 14.3 Å². The minimum Gasteiger partial charge on any atom is -0.465 e. The van der Waals surface area contributed by atoms with Gasteiger partial charge in [-0.2, -0.15) is 5.10 Å². The van der Waals surface area contributed by atoms with Gasteiger partial charge in [0.2, 0.25) is 5.13 Å². The highest BCUT2D eigenvalue weighted by Crippen LogP contribution is 2.30. The first-order valence-electron chi connectivity index (χ1n) is 7.10. The van der Waals surface area contributed by atoms with E-state index in [0.29, 0.717) is 26.4 Å². The van der Waals surface area contributed by atoms with Crippen LogP contribution in [0.3, 0.4) is 0 Å². The highest BCUT2D eigenvalue weighted by Gasteiger charge is 2.20. The van der Waals surface area contributed by atoms with Gasteiger partial charge in [-0.3, -0.25) is 0 Å². The molecule has 0 fully saturated rings. The van der Waals surface area contributed by atoms with Crippen LogP contribution in [-0.4, -0.2) is 35.0 Å². The van der Waals surface area contributed by atoms with Gasteiger partial charge in [0.1, 0.15) is 5.56 Å². The molecule has 9 heteroatoms. The first-order valence-corrected chi connectivity index (χ1v) is 8.74. The molecule has 0 spiro atoms. The number of carbonyl (C=O) groups excluding carboxylic acids is 1. The molecular weight excluding hydrogens is 385 g/mol. The molecule has 130 valence electrons. The molecule has 0 radical (unpaired) electrons. The number of esters is 1. The van der Waals surface area contributed by atoms with E-state index in [0.717, 1.165) is 11.3 Å². The third-order valence-electron chi connectivity index (χ3n) is 3.44. The Bertz CT molecular complexity index is 923. The Balaban J connectivity index is 2.01. The molecule has 0 saturated heterocycles. The molecular formula is C16H13Cl2N3O3S. The van der Waals surface area contributed by atoms with Crippen molar-refractivity contribution in [3.8, 4) is 16.4 Å². The van der Waals surface area contributed by atoms with Crippen LogP contribution in [0, 0.1) is 0 Å². The van der Waals surface area contributed by atoms with Gasteiger partial charge in [0, 0.05) is 18.1 Å². The van der Waals surface area contributed by atoms with E-state index in [-0.39, 0.29) is 6.61 Å². The molecule has 6 nitrogen and oxygen atoms in total. The number of halogens is 2. The molecule has 3 rings (SSSR count). The first kappa shape index (κ1) is 17.9. The summed E-state index contributed by atoms with van der Waals surface area (Å²) >= 11 is 13.4. The van der Waals surface area contributed by atoms with Crippen molar-refractivity contribution in [3.05, 3.63) is 51.1 Å². The van der Waals surface area contributed by atoms with Crippen LogP contribution in [0.5, 0.6) is 0 Å². The van der Waals surface area contributed by atoms with Crippen LogP contribution in [0.15, 0.2) is 29.8 Å². The first-order chi connectivity index (χ1) is 12.0. The maximum Gasteiger partial charge on any atom is 0.341 e. The number of nitrogens with zero attached hydrogens (tertiary/aromatic N) is 3. The molecule has 0 amide bonds. The average molecular weight is 398 g/mol. The number of carbonyl (C=O) groups is 1. The van der Waals surface area contributed by atoms with Crippen molar-refractivity contribution in [1.82, 2.24) is 14.8 Å². The Labute approximate surface area is 157 Å². The fraction of sp³-hybridized carbons (Fsp3) is 0.188. The third-order valence-corrected chi connectivity index (χ3v) is 5.00. The average Bonchev–Trinajstić information content (AvgIpc) is 3.24. The molecule has 25 heavy (non-hydrogen) atoms. The number of aromatic nitrogens is 3. The largest absolute Gasteiger partial charge is 0.465 e. The summed E-state index contributed by atoms with van der Waals surface area (Å²) in [6, 6.07) is 5.31. The molecule has 0 N–H and O–H groups in total. The number of ether oxygens (including phenoxy) is 2. The molecule has 0 atom stereocenters. The SMILES string of the molecule is COCc1c(C(=O)OC)cnn1-c1nc(-c2ccc(Cl)c(Cl)c2)cs1. The molecule has 0 unspecified atom stereocenters. The van der Waals surface area contributed by atoms with Gasteiger partial charge in [-0.05, 0) is 12.1 Å². The van der Waals surface area contributed by atoms with Crippen LogP contribution in [0.4, 0.5) is 0 Å². The Morgan fingerprint density at radius 3 is 2.76 bits per heavy atom. The number of rotatable bonds is 5. The maximum absolute atomic E-state index is 11.9. The zero-order valence-electron chi connectivity index (χ0n) is 13.3. The summed E-state index contributed by atoms with van der Waals surface area (Å²) in [5, 5.41) is 7.67. The zero-order chi connectivity index (χ0) is 18.0. The van der Waals surface area contributed by atoms with Gasteiger partial charge in [-0.15, -0.1) is 11.3 Å². The fourth-order valence-corrected chi connectivity index (χ4v) is 3.36. The van der Waals surface area contributed by atoms with Crippen molar-refractivity contribution in [1.29, 1.82) is 0 Å². The van der Waals surface area contributed by atoms with E-state index in [2.05, 4.69) is 10.1 Å². The second kappa shape index (κ2) is 7.53. The Kier molecular flexibility index (Phi) is 5.39. The Morgan fingerprint density at radius 2 is 2.08 bits per heavy atom. The molecule has 1 aromatic carbocycles. The van der Waals surface area contributed by atoms with Gasteiger partial charge < -0.3 is 9.47 Å². The van der Waals surface area contributed by atoms with E-state index in [9.17, 15) is 4.79 Å². The van der Waals surface area contributed by atoms with Crippen molar-refractivity contribution in [2.24, 2.45) is 0 Å². The lowest BCUT2D eigenvalue weighted by Crippen LogP contribution is -2.09. The number of hydrogen-bond acceptors (Lipinski definition) is 6. The van der Waals surface area contributed by atoms with Crippen LogP contribution >= 0.6 is 34.5 Å². The number of hydrogen-bond donors (Lipinski definition) is 0. The lowest BCUT2D eigenvalue weighted by molar-refractivity contribution is 0.0595. The third kappa shape index (κ3) is 3.55. The Hall–Kier alpha value is -1.93. The van der Waals surface area contributed by atoms with Gasteiger partial charge in [0.15, 0.2) is 0 Å². The lowest BCUT2D eigenvalue weighted by atomic mass is 10.2. The van der Waals surface area contributed by atoms with Crippen LogP contribution in [0.1, 0.15) is 16.1 Å². The van der Waals surface area contributed by atoms with Crippen LogP contribution in [0.2, 0.25) is 10.0 Å². The molecule has 0 saturated carbocycles. The molecule has 0 bridgehead atoms. The van der Waals surface area contributed by atoms with Gasteiger partial charge in [-0.1, -0.05) is 29.3 Å². The van der Waals surface area contributed by atoms with Crippen molar-refractivity contribution >= 4 is 40.5 Å². The van der Waals surface area contributed by atoms with Crippen LogP contribution in [0.25, 0.3) is 16.4 Å². The van der Waals surface area contributed by atoms with Crippen molar-refractivity contribution in [2.45, 2.75) is 6.61 Å². The van der Waals surface area contributed by atoms with E-state index in [1.165, 1.54) is 24.6 Å². The summed E-state index contributed by atoms with van der Waals surface area (Å²) in [6.45, 7) is 0.201. The monoisotopic (exact) mass is 397 g/mol. The highest BCUT2D eigenvalue weighted by molar-refractivity contribution is 7.12. The molecule has 3 aromatic rings. The lowest BCUT2D eigenvalue weighted by Gasteiger charge is -2.05. The number of methoxy groups -OCH3 is 2. The molecule has 0 aliphatic heterocycles. The summed E-state index contributed by atoms with van der Waals surface area (Å²) < 4.78 is 11.5. The zero-order valence-corrected chi connectivity index (χ0v) is 15.7. The minimum absolute atomic E-state index is 0.201. The van der Waals surface area contributed by atoms with E-state index < -0.39 is 5.97 Å². The van der Waals surface area contributed by atoms with Gasteiger partial charge in [-0.25, -0.2) is 14.5 Å². The van der Waals surface area contributed by atoms with Crippen molar-refractivity contribution in [2.75, 3.05) is 14.2 Å². The molecule has 2 heterocycles. The van der Waals surface area contributed by atoms with Gasteiger partial charge in [0.25, 0.3) is 0 Å². The molecule has 2 aromatic heterocycles. The normalized spacial score (nSPS) is 10.9. The standard InChI is InChI=1S/C16H13Cl2N3O3S/c1-23-7-14-10(15(22)24-2)6-19-21(14)16-20-13(8-25-16)9-3-4-11(17)12(18)5-9/h3-6,8H,7H2,1-2H3. The minimum atomic E-state index is -0.473. The smallest absolute Gasteiger partial charge is 0.341 e. The second-order valence-electron chi connectivity index (χ2n) is 4.99. The second-order valence-corrected chi connectivity index (χ2v) is 6.64. The summed E-state index contributed by atoms with van der Waals surface area (Å²) in [5.41, 5.74) is 2.49. The van der Waals surface area contributed by atoms with Gasteiger partial charge in [0.05, 0.1) is 41.3 Å². The summed E-state index contributed by atoms with van der Waals surface area (Å²) in [5.74, 6) is -0.473. The number of benzene rings is 1. The molecule has 0 aliphatic carbocycles. The fourth-order valence-electron chi connectivity index (χ4n) is 2.24. The van der Waals surface area contributed by atoms with Crippen LogP contribution < -0.4 is 0 Å². The summed E-state index contributed by atoms with van der Waals surface area (Å²) in [4.78, 5) is 16.4. The quantitative estimate of drug-likeness (QED) is 0.602. The predicted molar refractivity (Wildman–Crippen MR) is 96.7 cm³/mol. The predicted octanol–water partition coefficient (Wildman–Crippen LogP) is 4.24. The van der Waals surface area contributed by atoms with E-state index in [1.54, 1.807) is 23.9 Å². The molecule has 0 aliphatic rings. The number of thiazole rings is 1. The van der Waals surface area contributed by atoms with Gasteiger partial charge >= 0.3 is 5.97 Å². The summed E-state index contributed by atoms with van der Waals surface area (Å²) in [6.07, 6.45) is 1.44.